The summed E-state index contributed by atoms with van der Waals surface area (Å²) in [5, 5.41) is 12.5. The number of aromatic carboxylic acids is 1. The number of hydrogen-bond donors (Lipinski definition) is 2. The Labute approximate surface area is 125 Å². The number of anilines is 1. The summed E-state index contributed by atoms with van der Waals surface area (Å²) < 4.78 is 0. The average molecular weight is 305 g/mol. The molecule has 2 N–H and O–H groups in total. The van der Waals surface area contributed by atoms with Gasteiger partial charge < -0.3 is 10.4 Å². The van der Waals surface area contributed by atoms with E-state index in [4.69, 9.17) is 5.11 Å². The number of carboxylic acid groups (broad SMARTS) is 1. The SMILES string of the molecule is CCc1cccnc1CNc1nc(C(=O)O)c(C(C)=O)s1. The Morgan fingerprint density at radius 2 is 2.19 bits per heavy atom. The molecular weight excluding hydrogens is 290 g/mol. The lowest BCUT2D eigenvalue weighted by atomic mass is 10.1. The van der Waals surface area contributed by atoms with Crippen LogP contribution in [0.3, 0.4) is 0 Å². The van der Waals surface area contributed by atoms with Crippen LogP contribution in [0.4, 0.5) is 5.13 Å². The molecule has 110 valence electrons. The molecule has 2 aromatic rings. The minimum absolute atomic E-state index is 0.154. The fourth-order valence-electron chi connectivity index (χ4n) is 1.89. The van der Waals surface area contributed by atoms with Gasteiger partial charge >= 0.3 is 5.97 Å². The summed E-state index contributed by atoms with van der Waals surface area (Å²) in [7, 11) is 0. The van der Waals surface area contributed by atoms with Crippen LogP contribution in [0.5, 0.6) is 0 Å². The summed E-state index contributed by atoms with van der Waals surface area (Å²) >= 11 is 1.05. The highest BCUT2D eigenvalue weighted by atomic mass is 32.1. The van der Waals surface area contributed by atoms with E-state index in [1.807, 2.05) is 19.1 Å². The van der Waals surface area contributed by atoms with Crippen molar-refractivity contribution < 1.29 is 14.7 Å². The first-order valence-corrected chi connectivity index (χ1v) is 7.26. The number of Topliss-reactive ketones (excluding diaryl/α,β-unsaturated/α-hetero) is 1. The molecule has 0 unspecified atom stereocenters. The second-order valence-corrected chi connectivity index (χ2v) is 5.37. The summed E-state index contributed by atoms with van der Waals surface area (Å²) in [5.74, 6) is -1.50. The molecule has 2 rings (SSSR count). The fraction of sp³-hybridized carbons (Fsp3) is 0.286. The molecule has 7 heteroatoms. The van der Waals surface area contributed by atoms with E-state index >= 15 is 0 Å². The van der Waals surface area contributed by atoms with Gasteiger partial charge in [-0.15, -0.1) is 0 Å². The predicted octanol–water partition coefficient (Wildman–Crippen LogP) is 2.61. The van der Waals surface area contributed by atoms with Crippen LogP contribution in [-0.2, 0) is 13.0 Å². The summed E-state index contributed by atoms with van der Waals surface area (Å²) in [6.07, 6.45) is 2.57. The third-order valence-corrected chi connectivity index (χ3v) is 4.04. The van der Waals surface area contributed by atoms with E-state index in [1.54, 1.807) is 6.20 Å². The fourth-order valence-corrected chi connectivity index (χ4v) is 2.74. The molecule has 0 bridgehead atoms. The van der Waals surface area contributed by atoms with Gasteiger partial charge in [0, 0.05) is 13.1 Å². The molecule has 0 aliphatic rings. The van der Waals surface area contributed by atoms with Gasteiger partial charge in [0.1, 0.15) is 4.88 Å². The van der Waals surface area contributed by atoms with Crippen LogP contribution in [0.1, 0.15) is 45.3 Å². The maximum Gasteiger partial charge on any atom is 0.356 e. The molecular formula is C14H15N3O3S. The molecule has 0 fully saturated rings. The highest BCUT2D eigenvalue weighted by molar-refractivity contribution is 7.17. The first kappa shape index (κ1) is 15.1. The molecule has 2 aromatic heterocycles. The number of pyridine rings is 1. The quantitative estimate of drug-likeness (QED) is 0.797. The molecule has 0 amide bonds. The lowest BCUT2D eigenvalue weighted by Gasteiger charge is -2.06. The lowest BCUT2D eigenvalue weighted by molar-refractivity contribution is 0.0687. The molecule has 0 aliphatic carbocycles. The number of nitrogens with one attached hydrogen (secondary N) is 1. The topological polar surface area (TPSA) is 92.2 Å². The Balaban J connectivity index is 2.19. The number of ketones is 1. The number of rotatable bonds is 6. The lowest BCUT2D eigenvalue weighted by Crippen LogP contribution is -2.06. The van der Waals surface area contributed by atoms with Gasteiger partial charge in [-0.2, -0.15) is 0 Å². The van der Waals surface area contributed by atoms with E-state index < -0.39 is 5.97 Å². The molecule has 0 spiro atoms. The standard InChI is InChI=1S/C14H15N3O3S/c1-3-9-5-4-6-15-10(9)7-16-14-17-11(13(19)20)12(21-14)8(2)18/h4-6H,3,7H2,1-2H3,(H,16,17)(H,19,20). The van der Waals surface area contributed by atoms with Gasteiger partial charge in [-0.25, -0.2) is 9.78 Å². The Bertz CT molecular complexity index is 650. The number of aryl methyl sites for hydroxylation is 1. The van der Waals surface area contributed by atoms with Gasteiger partial charge in [0.2, 0.25) is 0 Å². The Morgan fingerprint density at radius 1 is 1.43 bits per heavy atom. The van der Waals surface area contributed by atoms with Crippen molar-refractivity contribution in [2.24, 2.45) is 0 Å². The van der Waals surface area contributed by atoms with Gasteiger partial charge in [0.05, 0.1) is 12.2 Å². The van der Waals surface area contributed by atoms with Gasteiger partial charge in [-0.05, 0) is 18.1 Å². The maximum absolute atomic E-state index is 11.4. The van der Waals surface area contributed by atoms with Crippen molar-refractivity contribution in [3.8, 4) is 0 Å². The van der Waals surface area contributed by atoms with Crippen molar-refractivity contribution in [3.05, 3.63) is 40.2 Å². The van der Waals surface area contributed by atoms with Crippen LogP contribution in [-0.4, -0.2) is 26.8 Å². The Kier molecular flexibility index (Phi) is 4.64. The van der Waals surface area contributed by atoms with Crippen LogP contribution in [0.25, 0.3) is 0 Å². The van der Waals surface area contributed by atoms with Crippen LogP contribution >= 0.6 is 11.3 Å². The molecule has 0 atom stereocenters. The van der Waals surface area contributed by atoms with Gasteiger partial charge in [0.15, 0.2) is 16.6 Å². The highest BCUT2D eigenvalue weighted by Gasteiger charge is 2.20. The summed E-state index contributed by atoms with van der Waals surface area (Å²) in [6.45, 7) is 3.81. The van der Waals surface area contributed by atoms with Gasteiger partial charge in [0.25, 0.3) is 0 Å². The zero-order chi connectivity index (χ0) is 15.4. The van der Waals surface area contributed by atoms with Crippen molar-refractivity contribution >= 4 is 28.2 Å². The highest BCUT2D eigenvalue weighted by Crippen LogP contribution is 2.24. The second-order valence-electron chi connectivity index (χ2n) is 4.37. The molecule has 0 radical (unpaired) electrons. The zero-order valence-corrected chi connectivity index (χ0v) is 12.5. The minimum atomic E-state index is -1.20. The molecule has 2 heterocycles. The first-order valence-electron chi connectivity index (χ1n) is 6.44. The third kappa shape index (κ3) is 3.43. The van der Waals surface area contributed by atoms with Crippen LogP contribution in [0.15, 0.2) is 18.3 Å². The second kappa shape index (κ2) is 6.45. The number of carboxylic acids is 1. The minimum Gasteiger partial charge on any atom is -0.476 e. The van der Waals surface area contributed by atoms with E-state index in [0.29, 0.717) is 11.7 Å². The summed E-state index contributed by atoms with van der Waals surface area (Å²) in [5.41, 5.74) is 1.80. The Hall–Kier alpha value is -2.28. The molecule has 6 nitrogen and oxygen atoms in total. The molecule has 0 aromatic carbocycles. The van der Waals surface area contributed by atoms with E-state index in [1.165, 1.54) is 6.92 Å². The maximum atomic E-state index is 11.4. The molecule has 0 aliphatic heterocycles. The van der Waals surface area contributed by atoms with E-state index in [2.05, 4.69) is 15.3 Å². The summed E-state index contributed by atoms with van der Waals surface area (Å²) in [4.78, 5) is 30.9. The van der Waals surface area contributed by atoms with Gasteiger partial charge in [-0.1, -0.05) is 24.3 Å². The monoisotopic (exact) mass is 305 g/mol. The summed E-state index contributed by atoms with van der Waals surface area (Å²) in [6, 6.07) is 3.87. The normalized spacial score (nSPS) is 10.4. The number of carbonyl (C=O) groups excluding carboxylic acids is 1. The zero-order valence-electron chi connectivity index (χ0n) is 11.7. The third-order valence-electron chi connectivity index (χ3n) is 2.92. The van der Waals surface area contributed by atoms with E-state index in [9.17, 15) is 9.59 Å². The van der Waals surface area contributed by atoms with Gasteiger partial charge in [-0.3, -0.25) is 9.78 Å². The van der Waals surface area contributed by atoms with E-state index in [0.717, 1.165) is 29.0 Å². The number of thiazole rings is 1. The van der Waals surface area contributed by atoms with Crippen LogP contribution in [0.2, 0.25) is 0 Å². The van der Waals surface area contributed by atoms with Crippen molar-refractivity contribution in [1.82, 2.24) is 9.97 Å². The van der Waals surface area contributed by atoms with Crippen molar-refractivity contribution in [2.75, 3.05) is 5.32 Å². The molecule has 0 saturated heterocycles. The van der Waals surface area contributed by atoms with Crippen molar-refractivity contribution in [1.29, 1.82) is 0 Å². The number of carbonyl (C=O) groups is 2. The number of hydrogen-bond acceptors (Lipinski definition) is 6. The number of aromatic nitrogens is 2. The average Bonchev–Trinajstić information content (AvgIpc) is 2.90. The number of nitrogens with zero attached hydrogens (tertiary/aromatic N) is 2. The smallest absolute Gasteiger partial charge is 0.356 e. The van der Waals surface area contributed by atoms with Crippen LogP contribution < -0.4 is 5.32 Å². The van der Waals surface area contributed by atoms with E-state index in [-0.39, 0.29) is 16.4 Å². The first-order chi connectivity index (χ1) is 10.0. The predicted molar refractivity (Wildman–Crippen MR) is 80.0 cm³/mol. The van der Waals surface area contributed by atoms with Crippen molar-refractivity contribution in [2.45, 2.75) is 26.8 Å². The van der Waals surface area contributed by atoms with Crippen LogP contribution in [0, 0.1) is 0 Å². The molecule has 21 heavy (non-hydrogen) atoms. The largest absolute Gasteiger partial charge is 0.476 e. The Morgan fingerprint density at radius 3 is 2.76 bits per heavy atom. The molecule has 0 saturated carbocycles. The van der Waals surface area contributed by atoms with Crippen molar-refractivity contribution in [3.63, 3.8) is 0 Å².